The van der Waals surface area contributed by atoms with Crippen LogP contribution in [0.25, 0.3) is 11.0 Å². The number of carbonyl (C=O) groups excluding carboxylic acids is 3. The van der Waals surface area contributed by atoms with Gasteiger partial charge in [0.15, 0.2) is 5.76 Å². The van der Waals surface area contributed by atoms with Crippen LogP contribution in [-0.4, -0.2) is 48.1 Å². The van der Waals surface area contributed by atoms with Gasteiger partial charge in [0.1, 0.15) is 18.2 Å². The maximum atomic E-state index is 12.8. The quantitative estimate of drug-likeness (QED) is 0.266. The van der Waals surface area contributed by atoms with Gasteiger partial charge in [-0.25, -0.2) is 4.79 Å². The van der Waals surface area contributed by atoms with Crippen LogP contribution in [0.2, 0.25) is 0 Å². The van der Waals surface area contributed by atoms with Crippen molar-refractivity contribution in [3.05, 3.63) is 72.0 Å². The number of furan rings is 1. The molecule has 36 heavy (non-hydrogen) atoms. The molecule has 0 saturated carbocycles. The van der Waals surface area contributed by atoms with Gasteiger partial charge in [0.25, 0.3) is 5.91 Å². The highest BCUT2D eigenvalue weighted by atomic mass is 16.5. The molecule has 3 rings (SSSR count). The summed E-state index contributed by atoms with van der Waals surface area (Å²) < 4.78 is 10.7. The Morgan fingerprint density at radius 2 is 1.64 bits per heavy atom. The lowest BCUT2D eigenvalue weighted by Gasteiger charge is -2.18. The van der Waals surface area contributed by atoms with E-state index in [4.69, 9.17) is 14.3 Å². The number of nitrogens with one attached hydrogen (secondary N) is 3. The van der Waals surface area contributed by atoms with Crippen molar-refractivity contribution in [3.8, 4) is 0 Å². The molecule has 10 heteroatoms. The molecule has 3 aromatic rings. The molecular weight excluding hydrogens is 466 g/mol. The third kappa shape index (κ3) is 8.46. The van der Waals surface area contributed by atoms with Crippen molar-refractivity contribution in [2.24, 2.45) is 0 Å². The number of ether oxygens (including phenoxy) is 1. The van der Waals surface area contributed by atoms with E-state index in [-0.39, 0.29) is 44.7 Å². The number of carboxylic acid groups (broad SMARTS) is 1. The maximum Gasteiger partial charge on any atom is 0.407 e. The number of para-hydroxylation sites is 1. The zero-order valence-corrected chi connectivity index (χ0v) is 19.7. The van der Waals surface area contributed by atoms with Gasteiger partial charge in [0.2, 0.25) is 5.91 Å². The van der Waals surface area contributed by atoms with E-state index in [0.29, 0.717) is 12.0 Å². The van der Waals surface area contributed by atoms with Gasteiger partial charge in [0.05, 0.1) is 0 Å². The Morgan fingerprint density at radius 3 is 2.39 bits per heavy atom. The van der Waals surface area contributed by atoms with Crippen LogP contribution in [0.5, 0.6) is 0 Å². The first-order chi connectivity index (χ1) is 17.4. The summed E-state index contributed by atoms with van der Waals surface area (Å²) in [6, 6.07) is 17.1. The molecule has 0 bridgehead atoms. The van der Waals surface area contributed by atoms with E-state index >= 15 is 0 Å². The van der Waals surface area contributed by atoms with Gasteiger partial charge >= 0.3 is 12.1 Å². The minimum Gasteiger partial charge on any atom is -0.481 e. The zero-order valence-electron chi connectivity index (χ0n) is 19.7. The molecule has 2 aromatic carbocycles. The fourth-order valence-electron chi connectivity index (χ4n) is 3.44. The highest BCUT2D eigenvalue weighted by Crippen LogP contribution is 2.19. The van der Waals surface area contributed by atoms with Crippen molar-refractivity contribution in [2.45, 2.75) is 38.3 Å². The third-order valence-electron chi connectivity index (χ3n) is 5.29. The number of amides is 3. The van der Waals surface area contributed by atoms with Gasteiger partial charge in [-0.1, -0.05) is 48.5 Å². The molecule has 3 amide bonds. The number of aliphatic carboxylic acids is 1. The number of rotatable bonds is 13. The Labute approximate surface area is 208 Å². The smallest absolute Gasteiger partial charge is 0.407 e. The van der Waals surface area contributed by atoms with E-state index in [1.54, 1.807) is 18.2 Å². The third-order valence-corrected chi connectivity index (χ3v) is 5.29. The van der Waals surface area contributed by atoms with Crippen LogP contribution in [0.15, 0.2) is 65.1 Å². The van der Waals surface area contributed by atoms with Crippen molar-refractivity contribution in [2.75, 3.05) is 13.1 Å². The lowest BCUT2D eigenvalue weighted by atomic mass is 10.1. The number of carboxylic acids is 1. The van der Waals surface area contributed by atoms with Crippen molar-refractivity contribution in [1.82, 2.24) is 16.0 Å². The first-order valence-corrected chi connectivity index (χ1v) is 11.7. The number of hydrogen-bond donors (Lipinski definition) is 4. The van der Waals surface area contributed by atoms with E-state index in [2.05, 4.69) is 16.0 Å². The summed E-state index contributed by atoms with van der Waals surface area (Å²) in [5.41, 5.74) is 1.41. The van der Waals surface area contributed by atoms with Crippen LogP contribution >= 0.6 is 0 Å². The minimum absolute atomic E-state index is 0.0718. The van der Waals surface area contributed by atoms with Crippen molar-refractivity contribution < 1.29 is 33.4 Å². The fraction of sp³-hybridized carbons (Fsp3) is 0.308. The molecule has 0 spiro atoms. The second kappa shape index (κ2) is 13.5. The first-order valence-electron chi connectivity index (χ1n) is 11.7. The van der Waals surface area contributed by atoms with Crippen molar-refractivity contribution >= 4 is 34.8 Å². The average molecular weight is 496 g/mol. The Bertz CT molecular complexity index is 1140. The van der Waals surface area contributed by atoms with Crippen LogP contribution in [0.1, 0.15) is 41.8 Å². The molecule has 190 valence electrons. The van der Waals surface area contributed by atoms with Gasteiger partial charge in [-0.3, -0.25) is 14.4 Å². The number of carbonyl (C=O) groups is 4. The second-order valence-corrected chi connectivity index (χ2v) is 8.09. The molecule has 0 aliphatic rings. The summed E-state index contributed by atoms with van der Waals surface area (Å²) in [4.78, 5) is 48.1. The Balaban J connectivity index is 1.51. The number of alkyl carbamates (subject to hydrolysis) is 1. The lowest BCUT2D eigenvalue weighted by molar-refractivity contribution is -0.137. The fourth-order valence-corrected chi connectivity index (χ4v) is 3.44. The molecule has 10 nitrogen and oxygen atoms in total. The topological polar surface area (TPSA) is 147 Å². The summed E-state index contributed by atoms with van der Waals surface area (Å²) >= 11 is 0. The molecule has 0 aliphatic heterocycles. The average Bonchev–Trinajstić information content (AvgIpc) is 3.32. The summed E-state index contributed by atoms with van der Waals surface area (Å²) in [5, 5.41) is 17.5. The molecule has 0 radical (unpaired) electrons. The van der Waals surface area contributed by atoms with Crippen LogP contribution in [0.4, 0.5) is 4.79 Å². The number of fused-ring (bicyclic) bond motifs is 1. The highest BCUT2D eigenvalue weighted by molar-refractivity contribution is 5.98. The largest absolute Gasteiger partial charge is 0.481 e. The van der Waals surface area contributed by atoms with Gasteiger partial charge in [-0.15, -0.1) is 0 Å². The summed E-state index contributed by atoms with van der Waals surface area (Å²) in [6.07, 6.45) is 0.217. The monoisotopic (exact) mass is 495 g/mol. The normalized spacial score (nSPS) is 11.4. The van der Waals surface area contributed by atoms with Crippen molar-refractivity contribution in [1.29, 1.82) is 0 Å². The predicted molar refractivity (Wildman–Crippen MR) is 131 cm³/mol. The molecular formula is C26H29N3O7. The molecule has 4 N–H and O–H groups in total. The van der Waals surface area contributed by atoms with Crippen LogP contribution in [0, 0.1) is 0 Å². The van der Waals surface area contributed by atoms with Crippen LogP contribution < -0.4 is 16.0 Å². The standard InChI is InChI=1S/C26H29N3O7/c30-23(31)13-7-14-27-24(32)20(29-25(33)22-16-19-10-4-5-12-21(19)36-22)11-6-15-28-26(34)35-17-18-8-2-1-3-9-18/h1-5,8-10,12,16,20H,6-7,11,13-15,17H2,(H,27,32)(H,28,34)(H,29,33)(H,30,31)/t20-/m0/s1. The van der Waals surface area contributed by atoms with E-state index < -0.39 is 29.9 Å². The molecule has 0 unspecified atom stereocenters. The molecule has 1 atom stereocenters. The minimum atomic E-state index is -0.954. The van der Waals surface area contributed by atoms with Gasteiger partial charge in [-0.05, 0) is 37.0 Å². The Morgan fingerprint density at radius 1 is 0.917 bits per heavy atom. The van der Waals surface area contributed by atoms with Crippen LogP contribution in [0.3, 0.4) is 0 Å². The molecule has 0 fully saturated rings. The molecule has 1 aromatic heterocycles. The Hall–Kier alpha value is -4.34. The zero-order chi connectivity index (χ0) is 25.8. The lowest BCUT2D eigenvalue weighted by Crippen LogP contribution is -2.47. The first kappa shape index (κ1) is 26.3. The SMILES string of the molecule is O=C(O)CCCNC(=O)[C@H](CCCNC(=O)OCc1ccccc1)NC(=O)c1cc2ccccc2o1. The number of hydrogen-bond acceptors (Lipinski definition) is 6. The maximum absolute atomic E-state index is 12.8. The van der Waals surface area contributed by atoms with Gasteiger partial charge < -0.3 is 30.2 Å². The van der Waals surface area contributed by atoms with Gasteiger partial charge in [0, 0.05) is 24.9 Å². The summed E-state index contributed by atoms with van der Waals surface area (Å²) in [5.74, 6) is -1.88. The Kier molecular flexibility index (Phi) is 9.87. The second-order valence-electron chi connectivity index (χ2n) is 8.09. The van der Waals surface area contributed by atoms with Crippen molar-refractivity contribution in [3.63, 3.8) is 0 Å². The summed E-state index contributed by atoms with van der Waals surface area (Å²) in [7, 11) is 0. The highest BCUT2D eigenvalue weighted by Gasteiger charge is 2.23. The van der Waals surface area contributed by atoms with Crippen LogP contribution in [-0.2, 0) is 20.9 Å². The van der Waals surface area contributed by atoms with E-state index in [0.717, 1.165) is 10.9 Å². The van der Waals surface area contributed by atoms with Gasteiger partial charge in [-0.2, -0.15) is 0 Å². The van der Waals surface area contributed by atoms with E-state index in [1.165, 1.54) is 0 Å². The number of benzene rings is 2. The predicted octanol–water partition coefficient (Wildman–Crippen LogP) is 3.22. The molecule has 1 heterocycles. The summed E-state index contributed by atoms with van der Waals surface area (Å²) in [6.45, 7) is 0.532. The van der Waals surface area contributed by atoms with E-state index in [1.807, 2.05) is 42.5 Å². The van der Waals surface area contributed by atoms with E-state index in [9.17, 15) is 19.2 Å². The molecule has 0 saturated heterocycles. The molecule has 0 aliphatic carbocycles.